The highest BCUT2D eigenvalue weighted by atomic mass is 32.2. The number of hydrogen-bond donors (Lipinski definition) is 1. The highest BCUT2D eigenvalue weighted by Gasteiger charge is 2.19. The maximum Gasteiger partial charge on any atom is 0.250 e. The lowest BCUT2D eigenvalue weighted by Gasteiger charge is -2.19. The number of hydrazone groups is 1. The molecule has 0 unspecified atom stereocenters. The Hall–Kier alpha value is -3.43. The zero-order valence-corrected chi connectivity index (χ0v) is 21.7. The summed E-state index contributed by atoms with van der Waals surface area (Å²) in [6, 6.07) is 19.9. The number of thioether (sulfide) groups is 1. The molecule has 0 radical (unpaired) electrons. The molecule has 0 spiro atoms. The summed E-state index contributed by atoms with van der Waals surface area (Å²) in [5.41, 5.74) is 5.69. The average Bonchev–Trinajstić information content (AvgIpc) is 3.52. The largest absolute Gasteiger partial charge is 0.497 e. The molecule has 2 heterocycles. The summed E-state index contributed by atoms with van der Waals surface area (Å²) in [5.74, 6) is 1.39. The number of nitrogens with one attached hydrogen (secondary N) is 1. The maximum absolute atomic E-state index is 12.4. The van der Waals surface area contributed by atoms with E-state index in [0.717, 1.165) is 21.9 Å². The fourth-order valence-electron chi connectivity index (χ4n) is 3.33. The SMILES string of the molecule is COc1ccc(-n2c(SCC(=O)N/N=C\c3cccs3)nnc2-c2ccc(C(C)(C)C)cc2)cc1. The van der Waals surface area contributed by atoms with Crippen molar-refractivity contribution in [3.8, 4) is 22.8 Å². The van der Waals surface area contributed by atoms with Gasteiger partial charge in [0, 0.05) is 16.1 Å². The maximum atomic E-state index is 12.4. The first-order valence-corrected chi connectivity index (χ1v) is 12.9. The van der Waals surface area contributed by atoms with E-state index in [1.54, 1.807) is 24.7 Å². The molecule has 35 heavy (non-hydrogen) atoms. The fourth-order valence-corrected chi connectivity index (χ4v) is 4.66. The number of methoxy groups -OCH3 is 1. The highest BCUT2D eigenvalue weighted by Crippen LogP contribution is 2.30. The number of benzene rings is 2. The predicted octanol–water partition coefficient (Wildman–Crippen LogP) is 5.54. The number of thiophene rings is 1. The van der Waals surface area contributed by atoms with Crippen LogP contribution in [-0.4, -0.2) is 39.7 Å². The summed E-state index contributed by atoms with van der Waals surface area (Å²) in [6.45, 7) is 6.56. The first kappa shape index (κ1) is 24.7. The van der Waals surface area contributed by atoms with Crippen molar-refractivity contribution in [1.29, 1.82) is 0 Å². The lowest BCUT2D eigenvalue weighted by atomic mass is 9.87. The molecule has 180 valence electrons. The molecule has 0 saturated carbocycles. The smallest absolute Gasteiger partial charge is 0.250 e. The van der Waals surface area contributed by atoms with Crippen LogP contribution in [-0.2, 0) is 10.2 Å². The van der Waals surface area contributed by atoms with Crippen LogP contribution in [0, 0.1) is 0 Å². The third-order valence-electron chi connectivity index (χ3n) is 5.23. The van der Waals surface area contributed by atoms with Crippen LogP contribution in [0.5, 0.6) is 5.75 Å². The van der Waals surface area contributed by atoms with Crippen LogP contribution in [0.3, 0.4) is 0 Å². The van der Waals surface area contributed by atoms with Crippen molar-refractivity contribution in [2.75, 3.05) is 12.9 Å². The van der Waals surface area contributed by atoms with Gasteiger partial charge >= 0.3 is 0 Å². The van der Waals surface area contributed by atoms with Crippen LogP contribution in [0.4, 0.5) is 0 Å². The van der Waals surface area contributed by atoms with Crippen LogP contribution >= 0.6 is 23.1 Å². The van der Waals surface area contributed by atoms with Gasteiger partial charge in [0.1, 0.15) is 5.75 Å². The van der Waals surface area contributed by atoms with Crippen LogP contribution in [0.2, 0.25) is 0 Å². The van der Waals surface area contributed by atoms with Gasteiger partial charge in [-0.05, 0) is 46.7 Å². The van der Waals surface area contributed by atoms with Crippen molar-refractivity contribution < 1.29 is 9.53 Å². The van der Waals surface area contributed by atoms with Crippen LogP contribution in [0.1, 0.15) is 31.2 Å². The third kappa shape index (κ3) is 6.17. The summed E-state index contributed by atoms with van der Waals surface area (Å²) in [6.07, 6.45) is 1.63. The number of hydrogen-bond acceptors (Lipinski definition) is 7. The Morgan fingerprint density at radius 1 is 1.11 bits per heavy atom. The molecule has 0 aliphatic rings. The van der Waals surface area contributed by atoms with E-state index in [4.69, 9.17) is 4.74 Å². The second-order valence-electron chi connectivity index (χ2n) is 8.76. The van der Waals surface area contributed by atoms with Crippen molar-refractivity contribution in [3.05, 3.63) is 76.5 Å². The molecule has 0 bridgehead atoms. The number of carbonyl (C=O) groups is 1. The van der Waals surface area contributed by atoms with E-state index < -0.39 is 0 Å². The second kappa shape index (κ2) is 10.9. The lowest BCUT2D eigenvalue weighted by molar-refractivity contribution is -0.118. The molecule has 2 aromatic carbocycles. The van der Waals surface area contributed by atoms with Gasteiger partial charge in [-0.15, -0.1) is 21.5 Å². The molecule has 2 aromatic heterocycles. The van der Waals surface area contributed by atoms with Gasteiger partial charge in [-0.25, -0.2) is 5.43 Å². The Balaban J connectivity index is 1.58. The monoisotopic (exact) mass is 505 g/mol. The quantitative estimate of drug-likeness (QED) is 0.193. The minimum absolute atomic E-state index is 0.0581. The summed E-state index contributed by atoms with van der Waals surface area (Å²) in [4.78, 5) is 13.3. The first-order chi connectivity index (χ1) is 16.8. The van der Waals surface area contributed by atoms with Gasteiger partial charge in [0.05, 0.1) is 19.1 Å². The molecule has 0 aliphatic heterocycles. The Labute approximate surface area is 213 Å². The molecule has 0 atom stereocenters. The van der Waals surface area contributed by atoms with E-state index in [1.807, 2.05) is 46.3 Å². The van der Waals surface area contributed by atoms with E-state index in [-0.39, 0.29) is 17.1 Å². The molecule has 4 rings (SSSR count). The van der Waals surface area contributed by atoms with Gasteiger partial charge in [0.15, 0.2) is 11.0 Å². The molecule has 9 heteroatoms. The molecule has 0 aliphatic carbocycles. The second-order valence-corrected chi connectivity index (χ2v) is 10.7. The number of ether oxygens (including phenoxy) is 1. The normalized spacial score (nSPS) is 11.7. The van der Waals surface area contributed by atoms with Crippen molar-refractivity contribution in [3.63, 3.8) is 0 Å². The van der Waals surface area contributed by atoms with Crippen molar-refractivity contribution in [2.24, 2.45) is 5.10 Å². The van der Waals surface area contributed by atoms with Gasteiger partial charge in [-0.1, -0.05) is 62.9 Å². The van der Waals surface area contributed by atoms with Crippen molar-refractivity contribution in [2.45, 2.75) is 31.3 Å². The number of rotatable bonds is 8. The number of nitrogens with zero attached hydrogens (tertiary/aromatic N) is 4. The van der Waals surface area contributed by atoms with E-state index in [9.17, 15) is 4.79 Å². The third-order valence-corrected chi connectivity index (χ3v) is 6.97. The van der Waals surface area contributed by atoms with Crippen molar-refractivity contribution in [1.82, 2.24) is 20.2 Å². The molecule has 0 saturated heterocycles. The van der Waals surface area contributed by atoms with Crippen molar-refractivity contribution >= 4 is 35.2 Å². The zero-order valence-electron chi connectivity index (χ0n) is 20.1. The minimum atomic E-state index is -0.219. The minimum Gasteiger partial charge on any atom is -0.497 e. The Morgan fingerprint density at radius 3 is 2.49 bits per heavy atom. The number of amides is 1. The van der Waals surface area contributed by atoms with Crippen LogP contribution < -0.4 is 10.2 Å². The van der Waals surface area contributed by atoms with E-state index in [2.05, 4.69) is 65.8 Å². The summed E-state index contributed by atoms with van der Waals surface area (Å²) in [7, 11) is 1.64. The lowest BCUT2D eigenvalue weighted by Crippen LogP contribution is -2.19. The Kier molecular flexibility index (Phi) is 7.67. The summed E-state index contributed by atoms with van der Waals surface area (Å²) < 4.78 is 7.27. The van der Waals surface area contributed by atoms with Gasteiger partial charge in [-0.3, -0.25) is 9.36 Å². The number of carbonyl (C=O) groups excluding carboxylic acids is 1. The Bertz CT molecular complexity index is 1290. The van der Waals surface area contributed by atoms with Crippen LogP contribution in [0.25, 0.3) is 17.1 Å². The van der Waals surface area contributed by atoms with Gasteiger partial charge in [0.25, 0.3) is 5.91 Å². The topological polar surface area (TPSA) is 81.4 Å². The van der Waals surface area contributed by atoms with Gasteiger partial charge in [0.2, 0.25) is 0 Å². The molecular weight excluding hydrogens is 478 g/mol. The van der Waals surface area contributed by atoms with Gasteiger partial charge < -0.3 is 4.74 Å². The van der Waals surface area contributed by atoms with E-state index >= 15 is 0 Å². The molecule has 7 nitrogen and oxygen atoms in total. The standard InChI is InChI=1S/C26H27N5O2S2/c1-26(2,3)19-9-7-18(8-10-19)24-29-30-25(31(24)20-11-13-21(33-4)14-12-20)35-17-23(32)28-27-16-22-6-5-15-34-22/h5-16H,17H2,1-4H3,(H,28,32)/b27-16-. The Morgan fingerprint density at radius 2 is 1.86 bits per heavy atom. The first-order valence-electron chi connectivity index (χ1n) is 11.0. The zero-order chi connectivity index (χ0) is 24.8. The fraction of sp³-hybridized carbons (Fsp3) is 0.231. The number of aromatic nitrogens is 3. The van der Waals surface area contributed by atoms with Crippen LogP contribution in [0.15, 0.2) is 76.3 Å². The molecule has 1 amide bonds. The van der Waals surface area contributed by atoms with Gasteiger partial charge in [-0.2, -0.15) is 5.10 Å². The highest BCUT2D eigenvalue weighted by molar-refractivity contribution is 7.99. The summed E-state index contributed by atoms with van der Waals surface area (Å²) in [5, 5.41) is 15.5. The van der Waals surface area contributed by atoms with E-state index in [0.29, 0.717) is 11.0 Å². The molecule has 1 N–H and O–H groups in total. The molecule has 0 fully saturated rings. The molecule has 4 aromatic rings. The predicted molar refractivity (Wildman–Crippen MR) is 143 cm³/mol. The average molecular weight is 506 g/mol. The van der Waals surface area contributed by atoms with E-state index in [1.165, 1.54) is 17.3 Å². The molecular formula is C26H27N5O2S2. The summed E-state index contributed by atoms with van der Waals surface area (Å²) >= 11 is 2.86.